The first-order valence-electron chi connectivity index (χ1n) is 10.1. The number of hydrogen-bond acceptors (Lipinski definition) is 4. The molecule has 0 radical (unpaired) electrons. The number of amides is 2. The third-order valence-electron chi connectivity index (χ3n) is 4.67. The van der Waals surface area contributed by atoms with Crippen molar-refractivity contribution in [3.05, 3.63) is 101 Å². The van der Waals surface area contributed by atoms with E-state index in [1.807, 2.05) is 49.4 Å². The minimum atomic E-state index is -0.253. The highest BCUT2D eigenvalue weighted by molar-refractivity contribution is 7.99. The number of carbonyl (C=O) groups excluding carboxylic acids is 2. The normalized spacial score (nSPS) is 12.2. The fourth-order valence-corrected chi connectivity index (χ4v) is 3.85. The summed E-state index contributed by atoms with van der Waals surface area (Å²) in [5, 5.41) is 7.35. The number of anilines is 1. The van der Waals surface area contributed by atoms with Gasteiger partial charge in [0.2, 0.25) is 0 Å². The first-order valence-corrected chi connectivity index (χ1v) is 11.5. The first-order chi connectivity index (χ1) is 15.4. The molecule has 3 aromatic carbocycles. The van der Waals surface area contributed by atoms with Gasteiger partial charge in [-0.3, -0.25) is 9.59 Å². The second-order valence-corrected chi connectivity index (χ2v) is 8.92. The Morgan fingerprint density at radius 1 is 0.969 bits per heavy atom. The third kappa shape index (κ3) is 6.97. The molecule has 0 bridgehead atoms. The van der Waals surface area contributed by atoms with Gasteiger partial charge in [0.15, 0.2) is 0 Å². The molecule has 2 N–H and O–H groups in total. The summed E-state index contributed by atoms with van der Waals surface area (Å²) < 4.78 is 0. The summed E-state index contributed by atoms with van der Waals surface area (Å²) in [4.78, 5) is 24.8. The molecule has 0 saturated carbocycles. The van der Waals surface area contributed by atoms with Gasteiger partial charge in [0.25, 0.3) is 11.8 Å². The average Bonchev–Trinajstić information content (AvgIpc) is 2.81. The van der Waals surface area contributed by atoms with E-state index < -0.39 is 0 Å². The van der Waals surface area contributed by atoms with Gasteiger partial charge in [0.1, 0.15) is 0 Å². The molecule has 32 heavy (non-hydrogen) atoms. The van der Waals surface area contributed by atoms with Crippen LogP contribution in [0.3, 0.4) is 0 Å². The summed E-state index contributed by atoms with van der Waals surface area (Å²) in [6, 6.07) is 24.1. The number of nitrogens with zero attached hydrogens (tertiary/aromatic N) is 1. The van der Waals surface area contributed by atoms with Gasteiger partial charge in [-0.05, 0) is 55.3 Å². The summed E-state index contributed by atoms with van der Waals surface area (Å²) in [5.41, 5.74) is 6.34. The molecule has 0 fully saturated rings. The molecule has 0 aliphatic heterocycles. The summed E-state index contributed by atoms with van der Waals surface area (Å²) in [6.45, 7) is 3.67. The Morgan fingerprint density at radius 2 is 1.69 bits per heavy atom. The van der Waals surface area contributed by atoms with Gasteiger partial charge >= 0.3 is 0 Å². The maximum atomic E-state index is 12.4. The van der Waals surface area contributed by atoms with Crippen LogP contribution < -0.4 is 10.7 Å². The van der Waals surface area contributed by atoms with Crippen LogP contribution in [-0.2, 0) is 10.5 Å². The molecule has 3 aromatic rings. The average molecular weight is 466 g/mol. The predicted octanol–water partition coefficient (Wildman–Crippen LogP) is 5.75. The van der Waals surface area contributed by atoms with Crippen LogP contribution >= 0.6 is 23.4 Å². The largest absolute Gasteiger partial charge is 0.322 e. The Kier molecular flexibility index (Phi) is 8.48. The highest BCUT2D eigenvalue weighted by Gasteiger charge is 2.13. The number of rotatable bonds is 8. The van der Waals surface area contributed by atoms with Gasteiger partial charge in [0, 0.05) is 22.0 Å². The number of thioether (sulfide) groups is 1. The summed E-state index contributed by atoms with van der Waals surface area (Å²) >= 11 is 7.52. The van der Waals surface area contributed by atoms with Gasteiger partial charge in [-0.2, -0.15) is 5.10 Å². The topological polar surface area (TPSA) is 70.6 Å². The molecule has 0 saturated heterocycles. The zero-order chi connectivity index (χ0) is 22.9. The van der Waals surface area contributed by atoms with Crippen molar-refractivity contribution in [3.8, 4) is 0 Å². The molecule has 164 valence electrons. The highest BCUT2D eigenvalue weighted by atomic mass is 35.5. The van der Waals surface area contributed by atoms with Crippen molar-refractivity contribution < 1.29 is 9.59 Å². The summed E-state index contributed by atoms with van der Waals surface area (Å²) in [7, 11) is 0. The van der Waals surface area contributed by atoms with E-state index in [0.717, 1.165) is 11.3 Å². The van der Waals surface area contributed by atoms with E-state index in [2.05, 4.69) is 15.8 Å². The van der Waals surface area contributed by atoms with Crippen LogP contribution in [0, 0.1) is 0 Å². The quantitative estimate of drug-likeness (QED) is 0.328. The molecular formula is C25H24ClN3O2S. The van der Waals surface area contributed by atoms with Crippen LogP contribution in [0.2, 0.25) is 5.02 Å². The van der Waals surface area contributed by atoms with Crippen molar-refractivity contribution in [1.29, 1.82) is 0 Å². The smallest absolute Gasteiger partial charge is 0.255 e. The van der Waals surface area contributed by atoms with Crippen molar-refractivity contribution in [2.75, 3.05) is 5.32 Å². The van der Waals surface area contributed by atoms with Crippen LogP contribution in [-0.4, -0.2) is 22.8 Å². The van der Waals surface area contributed by atoms with Crippen molar-refractivity contribution in [2.24, 2.45) is 5.10 Å². The summed E-state index contributed by atoms with van der Waals surface area (Å²) in [6.07, 6.45) is 0. The number of halogens is 1. The number of hydrogen-bond donors (Lipinski definition) is 2. The lowest BCUT2D eigenvalue weighted by molar-refractivity contribution is -0.120. The van der Waals surface area contributed by atoms with E-state index >= 15 is 0 Å². The lowest BCUT2D eigenvalue weighted by Gasteiger charge is -2.11. The minimum Gasteiger partial charge on any atom is -0.322 e. The Balaban J connectivity index is 1.57. The van der Waals surface area contributed by atoms with Crippen molar-refractivity contribution in [1.82, 2.24) is 5.43 Å². The molecule has 0 unspecified atom stereocenters. The molecule has 5 nitrogen and oxygen atoms in total. The minimum absolute atomic E-state index is 0.157. The summed E-state index contributed by atoms with van der Waals surface area (Å²) in [5.74, 6) is 0.347. The molecule has 2 amide bonds. The maximum absolute atomic E-state index is 12.4. The Labute approximate surface area is 197 Å². The highest BCUT2D eigenvalue weighted by Crippen LogP contribution is 2.18. The number of carbonyl (C=O) groups is 2. The lowest BCUT2D eigenvalue weighted by atomic mass is 10.1. The molecule has 1 atom stereocenters. The predicted molar refractivity (Wildman–Crippen MR) is 133 cm³/mol. The van der Waals surface area contributed by atoms with Crippen LogP contribution in [0.25, 0.3) is 0 Å². The van der Waals surface area contributed by atoms with E-state index in [1.165, 1.54) is 5.56 Å². The van der Waals surface area contributed by atoms with Crippen LogP contribution in [0.15, 0.2) is 84.0 Å². The zero-order valence-electron chi connectivity index (χ0n) is 17.8. The van der Waals surface area contributed by atoms with Gasteiger partial charge in [0.05, 0.1) is 11.0 Å². The molecule has 0 aromatic heterocycles. The van der Waals surface area contributed by atoms with E-state index in [-0.39, 0.29) is 17.1 Å². The Morgan fingerprint density at radius 3 is 2.44 bits per heavy atom. The lowest BCUT2D eigenvalue weighted by Crippen LogP contribution is -2.27. The fourth-order valence-electron chi connectivity index (χ4n) is 2.82. The standard InChI is InChI=1S/C25H24ClN3O2S/c1-17(28-29-24(30)18(2)32-16-19-8-4-3-5-9-19)20-10-7-13-23(15-20)27-25(31)21-11-6-12-22(26)14-21/h3-15,18H,16H2,1-2H3,(H,27,31)(H,29,30)/b28-17-/t18-/m1/s1. The first kappa shape index (κ1) is 23.6. The van der Waals surface area contributed by atoms with Crippen LogP contribution in [0.5, 0.6) is 0 Å². The van der Waals surface area contributed by atoms with Crippen LogP contribution in [0.4, 0.5) is 5.69 Å². The third-order valence-corrected chi connectivity index (χ3v) is 6.12. The Bertz CT molecular complexity index is 1120. The molecule has 7 heteroatoms. The van der Waals surface area contributed by atoms with E-state index in [1.54, 1.807) is 55.1 Å². The van der Waals surface area contributed by atoms with E-state index in [4.69, 9.17) is 11.6 Å². The van der Waals surface area contributed by atoms with Gasteiger partial charge in [-0.1, -0.05) is 60.1 Å². The molecule has 0 aliphatic rings. The van der Waals surface area contributed by atoms with Crippen molar-refractivity contribution >= 4 is 46.6 Å². The van der Waals surface area contributed by atoms with Crippen LogP contribution in [0.1, 0.15) is 35.3 Å². The fraction of sp³-hybridized carbons (Fsp3) is 0.160. The monoisotopic (exact) mass is 465 g/mol. The molecule has 3 rings (SSSR count). The van der Waals surface area contributed by atoms with Gasteiger partial charge in [-0.15, -0.1) is 11.8 Å². The van der Waals surface area contributed by atoms with Gasteiger partial charge in [-0.25, -0.2) is 5.43 Å². The maximum Gasteiger partial charge on any atom is 0.255 e. The van der Waals surface area contributed by atoms with E-state index in [0.29, 0.717) is 22.0 Å². The SMILES string of the molecule is C/C(=N/NC(=O)[C@@H](C)SCc1ccccc1)c1cccc(NC(=O)c2cccc(Cl)c2)c1. The molecular weight excluding hydrogens is 442 g/mol. The molecule has 0 aliphatic carbocycles. The number of hydrazone groups is 1. The number of nitrogens with one attached hydrogen (secondary N) is 2. The number of benzene rings is 3. The Hall–Kier alpha value is -3.09. The molecule has 0 spiro atoms. The zero-order valence-corrected chi connectivity index (χ0v) is 19.4. The second-order valence-electron chi connectivity index (χ2n) is 7.16. The molecule has 0 heterocycles. The van der Waals surface area contributed by atoms with Crippen molar-refractivity contribution in [2.45, 2.75) is 24.9 Å². The second kappa shape index (κ2) is 11.5. The van der Waals surface area contributed by atoms with Gasteiger partial charge < -0.3 is 5.32 Å². The van der Waals surface area contributed by atoms with E-state index in [9.17, 15) is 9.59 Å². The van der Waals surface area contributed by atoms with Crippen molar-refractivity contribution in [3.63, 3.8) is 0 Å².